The summed E-state index contributed by atoms with van der Waals surface area (Å²) in [4.78, 5) is 1.27. The molecule has 3 aromatic rings. The van der Waals surface area contributed by atoms with E-state index in [9.17, 15) is 0 Å². The van der Waals surface area contributed by atoms with Gasteiger partial charge in [-0.15, -0.1) is 5.10 Å². The van der Waals surface area contributed by atoms with Crippen molar-refractivity contribution in [3.05, 3.63) is 63.9 Å². The zero-order valence-corrected chi connectivity index (χ0v) is 16.6. The molecule has 0 amide bonds. The number of ether oxygens (including phenoxy) is 1. The number of methoxy groups -OCH3 is 1. The van der Waals surface area contributed by atoms with Gasteiger partial charge in [0.1, 0.15) is 12.3 Å². The molecule has 1 N–H and O–H groups in total. The van der Waals surface area contributed by atoms with Crippen LogP contribution in [-0.4, -0.2) is 28.5 Å². The molecule has 0 spiro atoms. The van der Waals surface area contributed by atoms with Crippen molar-refractivity contribution in [3.63, 3.8) is 0 Å². The van der Waals surface area contributed by atoms with E-state index >= 15 is 0 Å². The smallest absolute Gasteiger partial charge is 0.202 e. The lowest BCUT2D eigenvalue weighted by Crippen LogP contribution is -3.07. The molecular formula is C19H22ClN4OS+. The molecule has 1 aromatic heterocycles. The van der Waals surface area contributed by atoms with Crippen molar-refractivity contribution >= 4 is 23.8 Å². The first-order valence-electron chi connectivity index (χ1n) is 8.32. The highest BCUT2D eigenvalue weighted by Gasteiger charge is 2.15. The highest BCUT2D eigenvalue weighted by molar-refractivity contribution is 7.71. The minimum absolute atomic E-state index is 0.668. The summed E-state index contributed by atoms with van der Waals surface area (Å²) >= 11 is 11.9. The fourth-order valence-electron chi connectivity index (χ4n) is 2.87. The van der Waals surface area contributed by atoms with Crippen LogP contribution in [-0.2, 0) is 20.3 Å². The summed E-state index contributed by atoms with van der Waals surface area (Å²) in [7, 11) is 5.71. The third kappa shape index (κ3) is 3.98. The first-order chi connectivity index (χ1) is 12.5. The van der Waals surface area contributed by atoms with E-state index in [0.29, 0.717) is 16.5 Å². The Balaban J connectivity index is 1.78. The number of aromatic nitrogens is 3. The van der Waals surface area contributed by atoms with Gasteiger partial charge in [-0.05, 0) is 48.6 Å². The van der Waals surface area contributed by atoms with E-state index in [0.717, 1.165) is 23.7 Å². The zero-order valence-electron chi connectivity index (χ0n) is 15.1. The summed E-state index contributed by atoms with van der Waals surface area (Å²) in [6.07, 6.45) is 0. The Labute approximate surface area is 163 Å². The fraction of sp³-hybridized carbons (Fsp3) is 0.263. The van der Waals surface area contributed by atoms with Crippen LogP contribution in [0.3, 0.4) is 0 Å². The van der Waals surface area contributed by atoms with Crippen LogP contribution in [0.1, 0.15) is 5.56 Å². The van der Waals surface area contributed by atoms with Crippen LogP contribution in [0.15, 0.2) is 48.5 Å². The molecule has 136 valence electrons. The highest BCUT2D eigenvalue weighted by atomic mass is 35.5. The fourth-order valence-corrected chi connectivity index (χ4v) is 3.28. The predicted molar refractivity (Wildman–Crippen MR) is 106 cm³/mol. The van der Waals surface area contributed by atoms with Crippen molar-refractivity contribution < 1.29 is 9.64 Å². The van der Waals surface area contributed by atoms with Gasteiger partial charge >= 0.3 is 0 Å². The van der Waals surface area contributed by atoms with Gasteiger partial charge in [0.2, 0.25) is 4.77 Å². The quantitative estimate of drug-likeness (QED) is 0.658. The zero-order chi connectivity index (χ0) is 18.7. The van der Waals surface area contributed by atoms with Gasteiger partial charge < -0.3 is 14.2 Å². The SMILES string of the molecule is COc1ccc(C[NH+](C)Cn2nc(-c3ccccc3Cl)n(C)c2=S)cc1. The molecule has 26 heavy (non-hydrogen) atoms. The number of quaternary nitrogens is 1. The van der Waals surface area contributed by atoms with Gasteiger partial charge in [0.25, 0.3) is 0 Å². The molecule has 1 atom stereocenters. The number of halogens is 1. The molecular weight excluding hydrogens is 368 g/mol. The Morgan fingerprint density at radius 2 is 1.85 bits per heavy atom. The van der Waals surface area contributed by atoms with E-state index in [-0.39, 0.29) is 0 Å². The summed E-state index contributed by atoms with van der Waals surface area (Å²) in [5, 5.41) is 5.37. The number of hydrogen-bond donors (Lipinski definition) is 1. The molecule has 0 aliphatic rings. The van der Waals surface area contributed by atoms with Crippen molar-refractivity contribution in [2.75, 3.05) is 14.2 Å². The molecule has 1 heterocycles. The van der Waals surface area contributed by atoms with Crippen LogP contribution < -0.4 is 9.64 Å². The third-order valence-corrected chi connectivity index (χ3v) is 5.05. The van der Waals surface area contributed by atoms with Crippen molar-refractivity contribution in [2.24, 2.45) is 7.05 Å². The molecule has 7 heteroatoms. The van der Waals surface area contributed by atoms with Crippen molar-refractivity contribution in [1.82, 2.24) is 14.3 Å². The van der Waals surface area contributed by atoms with Crippen molar-refractivity contribution in [2.45, 2.75) is 13.2 Å². The number of nitrogens with one attached hydrogen (secondary N) is 1. The van der Waals surface area contributed by atoms with Crippen LogP contribution in [0.25, 0.3) is 11.4 Å². The lowest BCUT2D eigenvalue weighted by atomic mass is 10.2. The molecule has 0 fully saturated rings. The molecule has 2 aromatic carbocycles. The largest absolute Gasteiger partial charge is 0.497 e. The average molecular weight is 390 g/mol. The van der Waals surface area contributed by atoms with E-state index in [4.69, 9.17) is 33.7 Å². The molecule has 5 nitrogen and oxygen atoms in total. The van der Waals surface area contributed by atoms with E-state index < -0.39 is 0 Å². The Morgan fingerprint density at radius 1 is 1.15 bits per heavy atom. The normalized spacial score (nSPS) is 12.2. The topological polar surface area (TPSA) is 36.4 Å². The summed E-state index contributed by atoms with van der Waals surface area (Å²) in [5.74, 6) is 1.64. The molecule has 1 unspecified atom stereocenters. The minimum Gasteiger partial charge on any atom is -0.497 e. The van der Waals surface area contributed by atoms with E-state index in [2.05, 4.69) is 19.2 Å². The summed E-state index contributed by atoms with van der Waals surface area (Å²) in [6.45, 7) is 1.53. The lowest BCUT2D eigenvalue weighted by Gasteiger charge is -2.14. The molecule has 0 saturated heterocycles. The van der Waals surface area contributed by atoms with Crippen molar-refractivity contribution in [1.29, 1.82) is 0 Å². The van der Waals surface area contributed by atoms with E-state index in [1.54, 1.807) is 7.11 Å². The second-order valence-electron chi connectivity index (χ2n) is 6.28. The third-order valence-electron chi connectivity index (χ3n) is 4.24. The van der Waals surface area contributed by atoms with Crippen molar-refractivity contribution in [3.8, 4) is 17.1 Å². The molecule has 0 bridgehead atoms. The molecule has 0 radical (unpaired) electrons. The van der Waals surface area contributed by atoms with Crippen LogP contribution >= 0.6 is 23.8 Å². The van der Waals surface area contributed by atoms with Gasteiger partial charge in [-0.25, -0.2) is 0 Å². The average Bonchev–Trinajstić information content (AvgIpc) is 2.91. The highest BCUT2D eigenvalue weighted by Crippen LogP contribution is 2.25. The number of rotatable bonds is 6. The van der Waals surface area contributed by atoms with Gasteiger partial charge in [-0.1, -0.05) is 23.7 Å². The van der Waals surface area contributed by atoms with E-state index in [1.165, 1.54) is 10.5 Å². The first-order valence-corrected chi connectivity index (χ1v) is 9.11. The first kappa shape index (κ1) is 18.6. The summed E-state index contributed by atoms with van der Waals surface area (Å²) in [5.41, 5.74) is 2.12. The maximum Gasteiger partial charge on any atom is 0.202 e. The van der Waals surface area contributed by atoms with Gasteiger partial charge in [0.15, 0.2) is 12.5 Å². The minimum atomic E-state index is 0.668. The monoisotopic (exact) mass is 389 g/mol. The maximum atomic E-state index is 6.32. The Morgan fingerprint density at radius 3 is 2.50 bits per heavy atom. The molecule has 0 saturated carbocycles. The van der Waals surface area contributed by atoms with E-state index in [1.807, 2.05) is 52.7 Å². The lowest BCUT2D eigenvalue weighted by molar-refractivity contribution is -0.917. The summed E-state index contributed by atoms with van der Waals surface area (Å²) < 4.78 is 9.63. The van der Waals surface area contributed by atoms with Crippen LogP contribution in [0.2, 0.25) is 5.02 Å². The standard InChI is InChI=1S/C19H21ClN4OS/c1-22(12-14-8-10-15(25-3)11-9-14)13-24-19(26)23(2)18(21-24)16-6-4-5-7-17(16)20/h4-11H,12-13H2,1-3H3/p+1. The maximum absolute atomic E-state index is 6.32. The molecule has 0 aliphatic carbocycles. The summed E-state index contributed by atoms with van der Waals surface area (Å²) in [6, 6.07) is 15.8. The Kier molecular flexibility index (Phi) is 5.76. The second-order valence-corrected chi connectivity index (χ2v) is 7.06. The molecule has 0 aliphatic heterocycles. The van der Waals surface area contributed by atoms with Gasteiger partial charge in [-0.2, -0.15) is 4.68 Å². The number of hydrogen-bond acceptors (Lipinski definition) is 3. The van der Waals surface area contributed by atoms with Crippen LogP contribution in [0.4, 0.5) is 0 Å². The number of benzene rings is 2. The Bertz CT molecular complexity index is 949. The second kappa shape index (κ2) is 8.03. The van der Waals surface area contributed by atoms with Gasteiger partial charge in [0, 0.05) is 18.2 Å². The predicted octanol–water partition coefficient (Wildman–Crippen LogP) is 2.95. The van der Waals surface area contributed by atoms with Crippen LogP contribution in [0, 0.1) is 4.77 Å². The van der Waals surface area contributed by atoms with Gasteiger partial charge in [-0.3, -0.25) is 0 Å². The number of nitrogens with zero attached hydrogens (tertiary/aromatic N) is 3. The molecule has 3 rings (SSSR count). The Hall–Kier alpha value is -2.15. The van der Waals surface area contributed by atoms with Crippen LogP contribution in [0.5, 0.6) is 5.75 Å². The van der Waals surface area contributed by atoms with Gasteiger partial charge in [0.05, 0.1) is 19.2 Å².